The molecule has 0 aliphatic heterocycles. The van der Waals surface area contributed by atoms with Crippen LogP contribution in [0.15, 0.2) is 0 Å². The standard InChI is InChI=1S/C2H6OS.OS/c1-4(2)3;1-2/h1-2H3;. The normalized spacial score (nSPS) is 6.67. The van der Waals surface area contributed by atoms with Crippen LogP contribution in [0.4, 0.5) is 0 Å². The Morgan fingerprint density at radius 2 is 1.50 bits per heavy atom. The maximum absolute atomic E-state index is 9.56. The van der Waals surface area contributed by atoms with Crippen molar-refractivity contribution in [3.05, 3.63) is 0 Å². The molecule has 0 saturated carbocycles. The number of hydrogen-bond donors (Lipinski definition) is 0. The van der Waals surface area contributed by atoms with Gasteiger partial charge in [0.25, 0.3) is 0 Å². The number of rotatable bonds is 0. The van der Waals surface area contributed by atoms with Gasteiger partial charge < -0.3 is 4.55 Å². The van der Waals surface area contributed by atoms with Gasteiger partial charge in [-0.15, -0.1) is 0 Å². The van der Waals surface area contributed by atoms with E-state index in [1.165, 1.54) is 0 Å². The molecule has 2 nitrogen and oxygen atoms in total. The molecule has 0 unspecified atom stereocenters. The molecule has 4 heteroatoms. The molecule has 0 bridgehead atoms. The van der Waals surface area contributed by atoms with Gasteiger partial charge in [0.1, 0.15) is 0 Å². The van der Waals surface area contributed by atoms with E-state index < -0.39 is 11.2 Å². The van der Waals surface area contributed by atoms with Crippen molar-refractivity contribution in [3.8, 4) is 0 Å². The quantitative estimate of drug-likeness (QED) is 0.417. The fraction of sp³-hybridized carbons (Fsp3) is 1.00. The molecular weight excluding hydrogens is 120 g/mol. The highest BCUT2D eigenvalue weighted by molar-refractivity contribution is 7.89. The highest BCUT2D eigenvalue weighted by Crippen LogP contribution is 1.61. The van der Waals surface area contributed by atoms with Gasteiger partial charge in [0.2, 0.25) is 0 Å². The van der Waals surface area contributed by atoms with Crippen molar-refractivity contribution in [2.45, 2.75) is 0 Å². The summed E-state index contributed by atoms with van der Waals surface area (Å²) in [5, 5.41) is 0. The van der Waals surface area contributed by atoms with Crippen LogP contribution in [0.3, 0.4) is 0 Å². The Morgan fingerprint density at radius 3 is 1.50 bits per heavy atom. The van der Waals surface area contributed by atoms with E-state index in [4.69, 9.17) is 4.21 Å². The van der Waals surface area contributed by atoms with Gasteiger partial charge in [0.15, 0.2) is 12.5 Å². The third-order valence-electron chi connectivity index (χ3n) is 0. The summed E-state index contributed by atoms with van der Waals surface area (Å²) in [7, 11) is 0. The monoisotopic (exact) mass is 126 g/mol. The van der Waals surface area contributed by atoms with Gasteiger partial charge in [-0.3, -0.25) is 0 Å². The van der Waals surface area contributed by atoms with Crippen LogP contribution in [-0.2, 0) is 23.7 Å². The summed E-state index contributed by atoms with van der Waals surface area (Å²) in [5.41, 5.74) is 0. The Balaban J connectivity index is 0. The van der Waals surface area contributed by atoms with Crippen molar-refractivity contribution in [3.63, 3.8) is 0 Å². The minimum Gasteiger partial charge on any atom is -0.617 e. The Labute approximate surface area is 45.6 Å². The molecule has 0 rings (SSSR count). The fourth-order valence-corrected chi connectivity index (χ4v) is 0. The smallest absolute Gasteiger partial charge is 0.197 e. The summed E-state index contributed by atoms with van der Waals surface area (Å²) >= 11 is 2.22. The van der Waals surface area contributed by atoms with E-state index in [1.54, 1.807) is 12.5 Å². The predicted octanol–water partition coefficient (Wildman–Crippen LogP) is -0.342. The summed E-state index contributed by atoms with van der Waals surface area (Å²) in [5.74, 6) is 0. The molecule has 0 spiro atoms. The molecule has 0 heterocycles. The number of hydrogen-bond acceptors (Lipinski definition) is 3. The molecule has 0 aliphatic carbocycles. The van der Waals surface area contributed by atoms with Gasteiger partial charge in [-0.05, 0) is 0 Å². The van der Waals surface area contributed by atoms with Crippen molar-refractivity contribution < 1.29 is 8.76 Å². The molecule has 0 aromatic rings. The lowest BCUT2D eigenvalue weighted by Gasteiger charge is -1.87. The zero-order valence-electron chi connectivity index (χ0n) is 3.63. The van der Waals surface area contributed by atoms with E-state index in [0.717, 1.165) is 0 Å². The lowest BCUT2D eigenvalue weighted by Crippen LogP contribution is -1.86. The topological polar surface area (TPSA) is 40.1 Å². The largest absolute Gasteiger partial charge is 0.617 e. The molecule has 0 atom stereocenters. The van der Waals surface area contributed by atoms with Crippen LogP contribution < -0.4 is 0 Å². The first-order valence-electron chi connectivity index (χ1n) is 1.15. The Morgan fingerprint density at radius 1 is 1.50 bits per heavy atom. The minimum atomic E-state index is -0.611. The molecule has 0 fully saturated rings. The predicted molar refractivity (Wildman–Crippen MR) is 28.1 cm³/mol. The highest BCUT2D eigenvalue weighted by atomic mass is 32.2. The highest BCUT2D eigenvalue weighted by Gasteiger charge is 1.66. The van der Waals surface area contributed by atoms with Crippen LogP contribution >= 0.6 is 0 Å². The summed E-state index contributed by atoms with van der Waals surface area (Å²) in [6.07, 6.45) is 3.28. The van der Waals surface area contributed by atoms with E-state index in [9.17, 15) is 4.55 Å². The average Bonchev–Trinajstić information content (AvgIpc) is 1.41. The maximum Gasteiger partial charge on any atom is 0.197 e. The van der Waals surface area contributed by atoms with Crippen molar-refractivity contribution in [1.82, 2.24) is 0 Å². The van der Waals surface area contributed by atoms with Crippen LogP contribution in [0.2, 0.25) is 0 Å². The summed E-state index contributed by atoms with van der Waals surface area (Å²) in [4.78, 5) is 0. The molecule has 0 aromatic heterocycles. The van der Waals surface area contributed by atoms with Crippen LogP contribution in [-0.4, -0.2) is 21.3 Å². The van der Waals surface area contributed by atoms with Crippen molar-refractivity contribution in [2.75, 3.05) is 12.5 Å². The zero-order chi connectivity index (χ0) is 5.58. The maximum atomic E-state index is 9.56. The van der Waals surface area contributed by atoms with E-state index in [0.29, 0.717) is 0 Å². The third kappa shape index (κ3) is 441. The molecule has 38 valence electrons. The lowest BCUT2D eigenvalue weighted by atomic mass is 11.9. The third-order valence-corrected chi connectivity index (χ3v) is 0. The lowest BCUT2D eigenvalue weighted by molar-refractivity contribution is 0.606. The van der Waals surface area contributed by atoms with Gasteiger partial charge in [-0.1, -0.05) is 11.2 Å². The van der Waals surface area contributed by atoms with Gasteiger partial charge >= 0.3 is 0 Å². The molecule has 0 saturated heterocycles. The summed E-state index contributed by atoms with van der Waals surface area (Å²) in [6.45, 7) is 0. The average molecular weight is 126 g/mol. The van der Waals surface area contributed by atoms with Crippen LogP contribution in [0.25, 0.3) is 0 Å². The summed E-state index contributed by atoms with van der Waals surface area (Å²) in [6, 6.07) is 0. The van der Waals surface area contributed by atoms with Crippen LogP contribution in [0.1, 0.15) is 0 Å². The van der Waals surface area contributed by atoms with Crippen molar-refractivity contribution in [2.24, 2.45) is 0 Å². The van der Waals surface area contributed by atoms with Crippen molar-refractivity contribution in [1.29, 1.82) is 0 Å². The molecule has 0 N–H and O–H groups in total. The van der Waals surface area contributed by atoms with Gasteiger partial charge in [0.05, 0.1) is 12.5 Å². The van der Waals surface area contributed by atoms with Gasteiger partial charge in [0, 0.05) is 0 Å². The molecular formula is C2H6O2S2. The van der Waals surface area contributed by atoms with E-state index >= 15 is 0 Å². The van der Waals surface area contributed by atoms with Gasteiger partial charge in [-0.25, -0.2) is 0 Å². The zero-order valence-corrected chi connectivity index (χ0v) is 5.27. The second kappa shape index (κ2) is 9.01. The summed E-state index contributed by atoms with van der Waals surface area (Å²) < 4.78 is 17.4. The Bertz CT molecular complexity index is 20.8. The molecule has 0 amide bonds. The molecule has 0 aliphatic rings. The Kier molecular flexibility index (Phi) is 14.4. The molecule has 6 heavy (non-hydrogen) atoms. The minimum absolute atomic E-state index is 0.611. The molecule has 0 radical (unpaired) electrons. The van der Waals surface area contributed by atoms with E-state index in [2.05, 4.69) is 12.5 Å². The Hall–Kier alpha value is 0.330. The van der Waals surface area contributed by atoms with Gasteiger partial charge in [-0.2, -0.15) is 4.21 Å². The van der Waals surface area contributed by atoms with Crippen LogP contribution in [0.5, 0.6) is 0 Å². The SMILES string of the molecule is C[S+](C)[O-].O=S. The first-order valence-corrected chi connectivity index (χ1v) is 3.45. The van der Waals surface area contributed by atoms with E-state index in [-0.39, 0.29) is 0 Å². The van der Waals surface area contributed by atoms with Crippen LogP contribution in [0, 0.1) is 0 Å². The second-order valence-electron chi connectivity index (χ2n) is 0.742. The first kappa shape index (κ1) is 9.59. The van der Waals surface area contributed by atoms with E-state index in [1.807, 2.05) is 0 Å². The second-order valence-corrected chi connectivity index (χ2v) is 2.22. The fourth-order valence-electron chi connectivity index (χ4n) is 0. The van der Waals surface area contributed by atoms with Crippen molar-refractivity contribution >= 4 is 23.7 Å². The molecule has 0 aromatic carbocycles. The first-order chi connectivity index (χ1) is 2.73.